The molecule has 0 aliphatic carbocycles. The molecule has 1 unspecified atom stereocenters. The van der Waals surface area contributed by atoms with Gasteiger partial charge in [-0.05, 0) is 44.5 Å². The molecule has 1 aromatic rings. The van der Waals surface area contributed by atoms with Crippen LogP contribution in [0.5, 0.6) is 0 Å². The summed E-state index contributed by atoms with van der Waals surface area (Å²) in [5.74, 6) is 0.740. The molecule has 0 saturated heterocycles. The van der Waals surface area contributed by atoms with Crippen molar-refractivity contribution >= 4 is 0 Å². The van der Waals surface area contributed by atoms with E-state index in [2.05, 4.69) is 68.4 Å². The maximum absolute atomic E-state index is 3.67. The van der Waals surface area contributed by atoms with Gasteiger partial charge in [-0.2, -0.15) is 0 Å². The lowest BCUT2D eigenvalue weighted by atomic mass is 10.0. The van der Waals surface area contributed by atoms with E-state index in [1.807, 2.05) is 0 Å². The zero-order chi connectivity index (χ0) is 14.1. The molecule has 0 fully saturated rings. The first-order valence-electron chi connectivity index (χ1n) is 7.60. The number of rotatable bonds is 9. The second kappa shape index (κ2) is 9.11. The lowest BCUT2D eigenvalue weighted by molar-refractivity contribution is 0.276. The summed E-state index contributed by atoms with van der Waals surface area (Å²) in [4.78, 5) is 2.44. The highest BCUT2D eigenvalue weighted by Crippen LogP contribution is 2.17. The van der Waals surface area contributed by atoms with Crippen LogP contribution in [0.25, 0.3) is 0 Å². The van der Waals surface area contributed by atoms with Crippen LogP contribution in [0.2, 0.25) is 0 Å². The fourth-order valence-electron chi connectivity index (χ4n) is 2.45. The second-order valence-electron chi connectivity index (χ2n) is 5.86. The molecule has 2 nitrogen and oxygen atoms in total. The van der Waals surface area contributed by atoms with E-state index in [9.17, 15) is 0 Å². The van der Waals surface area contributed by atoms with E-state index in [1.54, 1.807) is 0 Å². The van der Waals surface area contributed by atoms with Crippen LogP contribution in [0.4, 0.5) is 0 Å². The van der Waals surface area contributed by atoms with Crippen molar-refractivity contribution in [1.82, 2.24) is 10.2 Å². The number of nitrogens with one attached hydrogen (secondary N) is 1. The summed E-state index contributed by atoms with van der Waals surface area (Å²) in [5.41, 5.74) is 1.41. The summed E-state index contributed by atoms with van der Waals surface area (Å²) < 4.78 is 0. The molecule has 0 aliphatic heterocycles. The third kappa shape index (κ3) is 6.74. The van der Waals surface area contributed by atoms with Crippen LogP contribution in [0.3, 0.4) is 0 Å². The van der Waals surface area contributed by atoms with E-state index in [1.165, 1.54) is 24.9 Å². The topological polar surface area (TPSA) is 15.3 Å². The van der Waals surface area contributed by atoms with Crippen LogP contribution in [0.15, 0.2) is 30.3 Å². The largest absolute Gasteiger partial charge is 0.310 e. The van der Waals surface area contributed by atoms with Crippen LogP contribution >= 0.6 is 0 Å². The van der Waals surface area contributed by atoms with Crippen molar-refractivity contribution in [3.05, 3.63) is 35.9 Å². The number of benzene rings is 1. The lowest BCUT2D eigenvalue weighted by Crippen LogP contribution is -2.29. The molecule has 0 bridgehead atoms. The van der Waals surface area contributed by atoms with Crippen LogP contribution in [-0.4, -0.2) is 31.6 Å². The SMILES string of the molecule is CCCNC(CCN(C)CC(C)C)c1ccccc1. The first-order valence-corrected chi connectivity index (χ1v) is 7.60. The maximum Gasteiger partial charge on any atom is 0.0332 e. The minimum absolute atomic E-state index is 0.482. The summed E-state index contributed by atoms with van der Waals surface area (Å²) in [6, 6.07) is 11.3. The van der Waals surface area contributed by atoms with Crippen molar-refractivity contribution in [2.45, 2.75) is 39.7 Å². The van der Waals surface area contributed by atoms with Crippen molar-refractivity contribution in [3.63, 3.8) is 0 Å². The quantitative estimate of drug-likeness (QED) is 0.730. The summed E-state index contributed by atoms with van der Waals surface area (Å²) in [5, 5.41) is 3.67. The van der Waals surface area contributed by atoms with Crippen LogP contribution < -0.4 is 5.32 Å². The first-order chi connectivity index (χ1) is 9.13. The molecule has 1 rings (SSSR count). The third-order valence-corrected chi connectivity index (χ3v) is 3.32. The monoisotopic (exact) mass is 262 g/mol. The molecule has 2 heteroatoms. The molecule has 0 aliphatic rings. The predicted octanol–water partition coefficient (Wildman–Crippen LogP) is 3.71. The van der Waals surface area contributed by atoms with Gasteiger partial charge in [-0.25, -0.2) is 0 Å². The molecule has 1 atom stereocenters. The highest BCUT2D eigenvalue weighted by atomic mass is 15.1. The zero-order valence-corrected chi connectivity index (χ0v) is 13.0. The Morgan fingerprint density at radius 3 is 2.42 bits per heavy atom. The van der Waals surface area contributed by atoms with Gasteiger partial charge in [-0.15, -0.1) is 0 Å². The van der Waals surface area contributed by atoms with Crippen molar-refractivity contribution in [2.24, 2.45) is 5.92 Å². The summed E-state index contributed by atoms with van der Waals surface area (Å²) in [6.07, 6.45) is 2.36. The molecule has 1 aromatic carbocycles. The Labute approximate surface area is 119 Å². The molecule has 1 N–H and O–H groups in total. The van der Waals surface area contributed by atoms with E-state index in [0.717, 1.165) is 19.0 Å². The Hall–Kier alpha value is -0.860. The van der Waals surface area contributed by atoms with Crippen LogP contribution in [0, 0.1) is 5.92 Å². The minimum Gasteiger partial charge on any atom is -0.310 e. The molecule has 19 heavy (non-hydrogen) atoms. The normalized spacial score (nSPS) is 13.2. The average molecular weight is 262 g/mol. The minimum atomic E-state index is 0.482. The summed E-state index contributed by atoms with van der Waals surface area (Å²) >= 11 is 0. The highest BCUT2D eigenvalue weighted by molar-refractivity contribution is 5.18. The third-order valence-electron chi connectivity index (χ3n) is 3.32. The molecule has 108 valence electrons. The summed E-state index contributed by atoms with van der Waals surface area (Å²) in [7, 11) is 2.22. The summed E-state index contributed by atoms with van der Waals surface area (Å²) in [6.45, 7) is 10.2. The van der Waals surface area contributed by atoms with Gasteiger partial charge in [0.2, 0.25) is 0 Å². The van der Waals surface area contributed by atoms with Crippen LogP contribution in [-0.2, 0) is 0 Å². The zero-order valence-electron chi connectivity index (χ0n) is 13.0. The van der Waals surface area contributed by atoms with Gasteiger partial charge in [-0.3, -0.25) is 0 Å². The average Bonchev–Trinajstić information content (AvgIpc) is 2.39. The van der Waals surface area contributed by atoms with Gasteiger partial charge in [-0.1, -0.05) is 51.1 Å². The van der Waals surface area contributed by atoms with Crippen LogP contribution in [0.1, 0.15) is 45.2 Å². The lowest BCUT2D eigenvalue weighted by Gasteiger charge is -2.24. The number of hydrogen-bond acceptors (Lipinski definition) is 2. The molecular weight excluding hydrogens is 232 g/mol. The number of hydrogen-bond donors (Lipinski definition) is 1. The molecule has 0 saturated carbocycles. The predicted molar refractivity (Wildman–Crippen MR) is 84.4 cm³/mol. The number of nitrogens with zero attached hydrogens (tertiary/aromatic N) is 1. The molecule has 0 spiro atoms. The van der Waals surface area contributed by atoms with Gasteiger partial charge < -0.3 is 10.2 Å². The van der Waals surface area contributed by atoms with E-state index < -0.39 is 0 Å². The van der Waals surface area contributed by atoms with Crippen molar-refractivity contribution < 1.29 is 0 Å². The maximum atomic E-state index is 3.67. The molecule has 0 radical (unpaired) electrons. The Kier molecular flexibility index (Phi) is 7.76. The van der Waals surface area contributed by atoms with Gasteiger partial charge in [0.25, 0.3) is 0 Å². The van der Waals surface area contributed by atoms with Crippen molar-refractivity contribution in [3.8, 4) is 0 Å². The van der Waals surface area contributed by atoms with Gasteiger partial charge in [0, 0.05) is 12.6 Å². The molecule has 0 heterocycles. The highest BCUT2D eigenvalue weighted by Gasteiger charge is 2.11. The van der Waals surface area contributed by atoms with Crippen molar-refractivity contribution in [1.29, 1.82) is 0 Å². The Bertz CT molecular complexity index is 321. The molecule has 0 aromatic heterocycles. The van der Waals surface area contributed by atoms with Gasteiger partial charge in [0.15, 0.2) is 0 Å². The molecule has 0 amide bonds. The Morgan fingerprint density at radius 1 is 1.16 bits per heavy atom. The van der Waals surface area contributed by atoms with E-state index >= 15 is 0 Å². The fourth-order valence-corrected chi connectivity index (χ4v) is 2.45. The van der Waals surface area contributed by atoms with Crippen molar-refractivity contribution in [2.75, 3.05) is 26.7 Å². The Balaban J connectivity index is 2.50. The Morgan fingerprint density at radius 2 is 1.84 bits per heavy atom. The second-order valence-corrected chi connectivity index (χ2v) is 5.86. The van der Waals surface area contributed by atoms with E-state index in [0.29, 0.717) is 6.04 Å². The van der Waals surface area contributed by atoms with Gasteiger partial charge in [0.05, 0.1) is 0 Å². The standard InChI is InChI=1S/C17H30N2/c1-5-12-18-17(16-9-7-6-8-10-16)11-13-19(4)14-15(2)3/h6-10,15,17-18H,5,11-14H2,1-4H3. The first kappa shape index (κ1) is 16.2. The fraction of sp³-hybridized carbons (Fsp3) is 0.647. The molecular formula is C17H30N2. The smallest absolute Gasteiger partial charge is 0.0332 e. The van der Waals surface area contributed by atoms with E-state index in [4.69, 9.17) is 0 Å². The van der Waals surface area contributed by atoms with E-state index in [-0.39, 0.29) is 0 Å². The van der Waals surface area contributed by atoms with Gasteiger partial charge in [0.1, 0.15) is 0 Å². The van der Waals surface area contributed by atoms with Gasteiger partial charge >= 0.3 is 0 Å².